The van der Waals surface area contributed by atoms with Crippen LogP contribution in [0.2, 0.25) is 0 Å². The molecule has 1 aromatic rings. The highest BCUT2D eigenvalue weighted by Gasteiger charge is 2.38. The summed E-state index contributed by atoms with van der Waals surface area (Å²) in [5.74, 6) is 0. The summed E-state index contributed by atoms with van der Waals surface area (Å²) in [6.07, 6.45) is -0.264. The third-order valence-corrected chi connectivity index (χ3v) is 4.33. The number of aryl methyl sites for hydroxylation is 2. The molecular formula is C16H21N3O3. The van der Waals surface area contributed by atoms with Gasteiger partial charge in [-0.05, 0) is 25.0 Å². The molecule has 118 valence electrons. The van der Waals surface area contributed by atoms with Crippen molar-refractivity contribution in [3.8, 4) is 0 Å². The Hall–Kier alpha value is -2.24. The molecule has 2 aliphatic heterocycles. The van der Waals surface area contributed by atoms with Crippen LogP contribution in [0.15, 0.2) is 18.2 Å². The number of ether oxygens (including phenoxy) is 1. The molecule has 22 heavy (non-hydrogen) atoms. The fourth-order valence-corrected chi connectivity index (χ4v) is 3.00. The molecule has 2 fully saturated rings. The van der Waals surface area contributed by atoms with Crippen molar-refractivity contribution in [1.82, 2.24) is 15.1 Å². The van der Waals surface area contributed by atoms with Crippen LogP contribution < -0.4 is 5.32 Å². The van der Waals surface area contributed by atoms with Crippen molar-refractivity contribution in [2.75, 3.05) is 26.2 Å². The Labute approximate surface area is 130 Å². The van der Waals surface area contributed by atoms with Gasteiger partial charge in [-0.2, -0.15) is 0 Å². The van der Waals surface area contributed by atoms with E-state index in [1.54, 1.807) is 9.80 Å². The smallest absolute Gasteiger partial charge is 0.410 e. The first kappa shape index (κ1) is 14.7. The summed E-state index contributed by atoms with van der Waals surface area (Å²) >= 11 is 0. The van der Waals surface area contributed by atoms with Crippen molar-refractivity contribution in [2.24, 2.45) is 0 Å². The molecule has 0 unspecified atom stereocenters. The largest absolute Gasteiger partial charge is 0.447 e. The SMILES string of the molecule is Cc1ccc(CNC(=O)N2CCN3C(=O)OC[C@H]3C2)c(C)c1. The number of fused-ring (bicyclic) bond motifs is 1. The van der Waals surface area contributed by atoms with Crippen molar-refractivity contribution in [1.29, 1.82) is 0 Å². The van der Waals surface area contributed by atoms with E-state index in [9.17, 15) is 9.59 Å². The maximum atomic E-state index is 12.3. The second kappa shape index (κ2) is 5.87. The van der Waals surface area contributed by atoms with Gasteiger partial charge in [-0.1, -0.05) is 23.8 Å². The van der Waals surface area contributed by atoms with E-state index >= 15 is 0 Å². The number of carbonyl (C=O) groups is 2. The molecule has 0 aromatic heterocycles. The zero-order valence-corrected chi connectivity index (χ0v) is 13.0. The van der Waals surface area contributed by atoms with Crippen molar-refractivity contribution in [3.05, 3.63) is 34.9 Å². The first-order valence-corrected chi connectivity index (χ1v) is 7.57. The molecule has 0 saturated carbocycles. The predicted molar refractivity (Wildman–Crippen MR) is 81.6 cm³/mol. The minimum Gasteiger partial charge on any atom is -0.447 e. The number of hydrogen-bond acceptors (Lipinski definition) is 3. The third kappa shape index (κ3) is 2.86. The normalized spacial score (nSPS) is 20.6. The molecule has 1 atom stereocenters. The zero-order valence-electron chi connectivity index (χ0n) is 13.0. The topological polar surface area (TPSA) is 61.9 Å². The van der Waals surface area contributed by atoms with Gasteiger partial charge >= 0.3 is 12.1 Å². The molecule has 0 radical (unpaired) electrons. The lowest BCUT2D eigenvalue weighted by molar-refractivity contribution is 0.127. The van der Waals surface area contributed by atoms with Crippen molar-refractivity contribution in [2.45, 2.75) is 26.4 Å². The molecule has 2 saturated heterocycles. The Balaban J connectivity index is 1.55. The van der Waals surface area contributed by atoms with E-state index < -0.39 is 0 Å². The van der Waals surface area contributed by atoms with Crippen LogP contribution in [-0.4, -0.2) is 54.2 Å². The molecule has 3 amide bonds. The Morgan fingerprint density at radius 3 is 2.95 bits per heavy atom. The average Bonchev–Trinajstić information content (AvgIpc) is 2.87. The summed E-state index contributed by atoms with van der Waals surface area (Å²) in [7, 11) is 0. The molecule has 6 heteroatoms. The van der Waals surface area contributed by atoms with Gasteiger partial charge in [-0.25, -0.2) is 9.59 Å². The molecule has 0 spiro atoms. The molecule has 2 heterocycles. The van der Waals surface area contributed by atoms with E-state index in [1.807, 2.05) is 6.07 Å². The van der Waals surface area contributed by atoms with Crippen LogP contribution in [0.1, 0.15) is 16.7 Å². The monoisotopic (exact) mass is 303 g/mol. The van der Waals surface area contributed by atoms with Crippen LogP contribution in [0.5, 0.6) is 0 Å². The minimum atomic E-state index is -0.264. The summed E-state index contributed by atoms with van der Waals surface area (Å²) in [5, 5.41) is 2.96. The van der Waals surface area contributed by atoms with Crippen molar-refractivity contribution >= 4 is 12.1 Å². The number of urea groups is 1. The second-order valence-electron chi connectivity index (χ2n) is 5.96. The van der Waals surface area contributed by atoms with Gasteiger partial charge in [-0.15, -0.1) is 0 Å². The Kier molecular flexibility index (Phi) is 3.92. The highest BCUT2D eigenvalue weighted by molar-refractivity contribution is 5.75. The highest BCUT2D eigenvalue weighted by Crippen LogP contribution is 2.18. The van der Waals surface area contributed by atoms with Crippen molar-refractivity contribution < 1.29 is 14.3 Å². The number of hydrogen-bond donors (Lipinski definition) is 1. The van der Waals surface area contributed by atoms with E-state index in [4.69, 9.17) is 4.74 Å². The summed E-state index contributed by atoms with van der Waals surface area (Å²) < 4.78 is 5.01. The number of nitrogens with zero attached hydrogens (tertiary/aromatic N) is 2. The molecule has 6 nitrogen and oxygen atoms in total. The Bertz CT molecular complexity index is 602. The maximum absolute atomic E-state index is 12.3. The number of amides is 3. The van der Waals surface area contributed by atoms with Gasteiger partial charge in [0.05, 0.1) is 6.04 Å². The number of piperazine rings is 1. The summed E-state index contributed by atoms with van der Waals surface area (Å²) in [5.41, 5.74) is 3.52. The molecule has 1 aromatic carbocycles. The second-order valence-corrected chi connectivity index (χ2v) is 5.96. The van der Waals surface area contributed by atoms with Gasteiger partial charge in [0.25, 0.3) is 0 Å². The first-order valence-electron chi connectivity index (χ1n) is 7.57. The maximum Gasteiger partial charge on any atom is 0.410 e. The van der Waals surface area contributed by atoms with Gasteiger partial charge in [-0.3, -0.25) is 4.90 Å². The lowest BCUT2D eigenvalue weighted by Crippen LogP contribution is -2.55. The number of cyclic esters (lactones) is 1. The van der Waals surface area contributed by atoms with Crippen LogP contribution in [0.4, 0.5) is 9.59 Å². The highest BCUT2D eigenvalue weighted by atomic mass is 16.6. The van der Waals surface area contributed by atoms with Gasteiger partial charge < -0.3 is 15.0 Å². The fraction of sp³-hybridized carbons (Fsp3) is 0.500. The van der Waals surface area contributed by atoms with Gasteiger partial charge in [0.1, 0.15) is 6.61 Å². The quantitative estimate of drug-likeness (QED) is 0.903. The summed E-state index contributed by atoms with van der Waals surface area (Å²) in [6, 6.07) is 6.12. The predicted octanol–water partition coefficient (Wildman–Crippen LogP) is 1.65. The van der Waals surface area contributed by atoms with E-state index in [0.29, 0.717) is 32.8 Å². The molecule has 3 rings (SSSR count). The van der Waals surface area contributed by atoms with Crippen molar-refractivity contribution in [3.63, 3.8) is 0 Å². The van der Waals surface area contributed by atoms with Gasteiger partial charge in [0.15, 0.2) is 0 Å². The number of nitrogens with one attached hydrogen (secondary N) is 1. The van der Waals surface area contributed by atoms with E-state index in [-0.39, 0.29) is 18.2 Å². The lowest BCUT2D eigenvalue weighted by atomic mass is 10.1. The van der Waals surface area contributed by atoms with Gasteiger partial charge in [0, 0.05) is 26.2 Å². The number of carbonyl (C=O) groups excluding carboxylic acids is 2. The van der Waals surface area contributed by atoms with E-state index in [0.717, 1.165) is 5.56 Å². The molecule has 0 aliphatic carbocycles. The van der Waals surface area contributed by atoms with Crippen LogP contribution in [0, 0.1) is 13.8 Å². The summed E-state index contributed by atoms with van der Waals surface area (Å²) in [4.78, 5) is 27.2. The van der Waals surface area contributed by atoms with Crippen LogP contribution >= 0.6 is 0 Å². The fourth-order valence-electron chi connectivity index (χ4n) is 3.00. The van der Waals surface area contributed by atoms with E-state index in [1.165, 1.54) is 11.1 Å². The first-order chi connectivity index (χ1) is 10.5. The molecular weight excluding hydrogens is 282 g/mol. The molecule has 2 aliphatic rings. The standard InChI is InChI=1S/C16H21N3O3/c1-11-3-4-13(12(2)7-11)8-17-15(20)18-5-6-19-14(9-18)10-22-16(19)21/h3-4,7,14H,5-6,8-10H2,1-2H3,(H,17,20)/t14-/m1/s1. The molecule has 1 N–H and O–H groups in total. The van der Waals surface area contributed by atoms with Crippen LogP contribution in [-0.2, 0) is 11.3 Å². The Morgan fingerprint density at radius 2 is 2.18 bits per heavy atom. The number of benzene rings is 1. The Morgan fingerprint density at radius 1 is 1.36 bits per heavy atom. The average molecular weight is 303 g/mol. The molecule has 0 bridgehead atoms. The zero-order chi connectivity index (χ0) is 15.7. The third-order valence-electron chi connectivity index (χ3n) is 4.33. The number of rotatable bonds is 2. The minimum absolute atomic E-state index is 0.00638. The van der Waals surface area contributed by atoms with Crippen LogP contribution in [0.25, 0.3) is 0 Å². The van der Waals surface area contributed by atoms with Crippen LogP contribution in [0.3, 0.4) is 0 Å². The van der Waals surface area contributed by atoms with Gasteiger partial charge in [0.2, 0.25) is 0 Å². The lowest BCUT2D eigenvalue weighted by Gasteiger charge is -2.35. The van der Waals surface area contributed by atoms with E-state index in [2.05, 4.69) is 31.3 Å². The summed E-state index contributed by atoms with van der Waals surface area (Å²) in [6.45, 7) is 6.62.